The van der Waals surface area contributed by atoms with Gasteiger partial charge in [-0.1, -0.05) is 27.7 Å². The SMILES string of the molecule is CCC(CC)N(CC(C)C)c1nc(C(=O)OC)ccc1N. The van der Waals surface area contributed by atoms with Crippen LogP contribution < -0.4 is 10.6 Å². The standard InChI is InChI=1S/C16H27N3O2/c1-6-12(7-2)19(10-11(3)4)15-13(17)8-9-14(18-15)16(20)21-5/h8-9,11-12H,6-7,10,17H2,1-5H3. The van der Waals surface area contributed by atoms with E-state index in [1.54, 1.807) is 12.1 Å². The number of anilines is 2. The van der Waals surface area contributed by atoms with Gasteiger partial charge in [-0.15, -0.1) is 0 Å². The summed E-state index contributed by atoms with van der Waals surface area (Å²) in [6, 6.07) is 3.69. The van der Waals surface area contributed by atoms with Crippen LogP contribution in [0, 0.1) is 5.92 Å². The van der Waals surface area contributed by atoms with E-state index in [4.69, 9.17) is 10.5 Å². The van der Waals surface area contributed by atoms with Crippen molar-refractivity contribution in [1.29, 1.82) is 0 Å². The Labute approximate surface area is 127 Å². The molecule has 1 rings (SSSR count). The van der Waals surface area contributed by atoms with E-state index in [0.717, 1.165) is 19.4 Å². The van der Waals surface area contributed by atoms with Gasteiger partial charge in [0, 0.05) is 12.6 Å². The molecule has 0 aliphatic carbocycles. The molecule has 0 unspecified atom stereocenters. The molecule has 0 aliphatic rings. The Kier molecular flexibility index (Phi) is 6.46. The molecule has 0 fully saturated rings. The molecule has 0 atom stereocenters. The first-order valence-electron chi connectivity index (χ1n) is 7.55. The van der Waals surface area contributed by atoms with Gasteiger partial charge >= 0.3 is 5.97 Å². The number of aromatic nitrogens is 1. The summed E-state index contributed by atoms with van der Waals surface area (Å²) in [6.07, 6.45) is 2.01. The quantitative estimate of drug-likeness (QED) is 0.782. The van der Waals surface area contributed by atoms with Crippen LogP contribution in [-0.4, -0.2) is 30.6 Å². The van der Waals surface area contributed by atoms with Crippen molar-refractivity contribution in [3.05, 3.63) is 17.8 Å². The number of esters is 1. The predicted octanol–water partition coefficient (Wildman–Crippen LogP) is 3.10. The fourth-order valence-electron chi connectivity index (χ4n) is 2.44. The van der Waals surface area contributed by atoms with E-state index in [9.17, 15) is 4.79 Å². The Morgan fingerprint density at radius 2 is 1.95 bits per heavy atom. The maximum absolute atomic E-state index is 11.7. The largest absolute Gasteiger partial charge is 0.464 e. The lowest BCUT2D eigenvalue weighted by atomic mass is 10.1. The first-order chi connectivity index (χ1) is 9.94. The first kappa shape index (κ1) is 17.3. The van der Waals surface area contributed by atoms with Crippen molar-refractivity contribution in [3.8, 4) is 0 Å². The van der Waals surface area contributed by atoms with Gasteiger partial charge in [-0.2, -0.15) is 0 Å². The van der Waals surface area contributed by atoms with Crippen molar-refractivity contribution < 1.29 is 9.53 Å². The third-order valence-corrected chi connectivity index (χ3v) is 3.52. The number of ether oxygens (including phenoxy) is 1. The van der Waals surface area contributed by atoms with E-state index in [1.807, 2.05) is 0 Å². The fraction of sp³-hybridized carbons (Fsp3) is 0.625. The Morgan fingerprint density at radius 1 is 1.33 bits per heavy atom. The second-order valence-corrected chi connectivity index (χ2v) is 5.62. The molecule has 1 heterocycles. The second-order valence-electron chi connectivity index (χ2n) is 5.62. The molecular formula is C16H27N3O2. The van der Waals surface area contributed by atoms with E-state index in [-0.39, 0.29) is 0 Å². The molecule has 0 amide bonds. The molecule has 1 aromatic rings. The van der Waals surface area contributed by atoms with Gasteiger partial charge < -0.3 is 15.4 Å². The van der Waals surface area contributed by atoms with Crippen LogP contribution in [0.1, 0.15) is 51.0 Å². The fourth-order valence-corrected chi connectivity index (χ4v) is 2.44. The number of hydrogen-bond acceptors (Lipinski definition) is 5. The molecule has 21 heavy (non-hydrogen) atoms. The normalized spacial score (nSPS) is 11.0. The molecule has 5 heteroatoms. The molecular weight excluding hydrogens is 266 g/mol. The minimum atomic E-state index is -0.440. The Bertz CT molecular complexity index is 471. The lowest BCUT2D eigenvalue weighted by molar-refractivity contribution is 0.0594. The highest BCUT2D eigenvalue weighted by molar-refractivity contribution is 5.88. The molecule has 0 saturated heterocycles. The molecule has 0 spiro atoms. The van der Waals surface area contributed by atoms with Gasteiger partial charge in [0.1, 0.15) is 0 Å². The Hall–Kier alpha value is -1.78. The van der Waals surface area contributed by atoms with Crippen LogP contribution in [0.15, 0.2) is 12.1 Å². The first-order valence-corrected chi connectivity index (χ1v) is 7.55. The number of rotatable bonds is 7. The van der Waals surface area contributed by atoms with Crippen LogP contribution >= 0.6 is 0 Å². The van der Waals surface area contributed by atoms with E-state index in [0.29, 0.717) is 29.2 Å². The summed E-state index contributed by atoms with van der Waals surface area (Å²) in [5.41, 5.74) is 6.98. The zero-order chi connectivity index (χ0) is 16.0. The lowest BCUT2D eigenvalue weighted by Crippen LogP contribution is -2.38. The number of nitrogens with two attached hydrogens (primary N) is 1. The van der Waals surface area contributed by atoms with Gasteiger partial charge in [-0.3, -0.25) is 0 Å². The van der Waals surface area contributed by atoms with E-state index < -0.39 is 5.97 Å². The Balaban J connectivity index is 3.24. The number of nitrogens with zero attached hydrogens (tertiary/aromatic N) is 2. The van der Waals surface area contributed by atoms with Crippen LogP contribution in [0.4, 0.5) is 11.5 Å². The molecule has 0 aromatic carbocycles. The third-order valence-electron chi connectivity index (χ3n) is 3.52. The average molecular weight is 293 g/mol. The summed E-state index contributed by atoms with van der Waals surface area (Å²) in [7, 11) is 1.35. The van der Waals surface area contributed by atoms with Crippen molar-refractivity contribution in [2.45, 2.75) is 46.6 Å². The molecule has 118 valence electrons. The molecule has 2 N–H and O–H groups in total. The average Bonchev–Trinajstić information content (AvgIpc) is 2.46. The monoisotopic (exact) mass is 293 g/mol. The van der Waals surface area contributed by atoms with E-state index in [1.165, 1.54) is 7.11 Å². The predicted molar refractivity (Wildman–Crippen MR) is 86.5 cm³/mol. The van der Waals surface area contributed by atoms with Crippen molar-refractivity contribution in [3.63, 3.8) is 0 Å². The minimum absolute atomic E-state index is 0.293. The van der Waals surface area contributed by atoms with Crippen LogP contribution in [0.5, 0.6) is 0 Å². The topological polar surface area (TPSA) is 68.5 Å². The molecule has 1 aromatic heterocycles. The molecule has 0 radical (unpaired) electrons. The van der Waals surface area contributed by atoms with Crippen LogP contribution in [0.2, 0.25) is 0 Å². The highest BCUT2D eigenvalue weighted by Crippen LogP contribution is 2.26. The summed E-state index contributed by atoms with van der Waals surface area (Å²) < 4.78 is 4.74. The van der Waals surface area contributed by atoms with Gasteiger partial charge in [0.05, 0.1) is 12.8 Å². The van der Waals surface area contributed by atoms with Gasteiger partial charge in [0.2, 0.25) is 0 Å². The highest BCUT2D eigenvalue weighted by Gasteiger charge is 2.22. The van der Waals surface area contributed by atoms with Gasteiger partial charge in [0.15, 0.2) is 11.5 Å². The summed E-state index contributed by atoms with van der Waals surface area (Å²) in [6.45, 7) is 9.49. The summed E-state index contributed by atoms with van der Waals surface area (Å²) in [5.74, 6) is 0.721. The zero-order valence-corrected chi connectivity index (χ0v) is 13.7. The highest BCUT2D eigenvalue weighted by atomic mass is 16.5. The smallest absolute Gasteiger partial charge is 0.356 e. The molecule has 0 saturated carbocycles. The van der Waals surface area contributed by atoms with Gasteiger partial charge in [0.25, 0.3) is 0 Å². The maximum atomic E-state index is 11.7. The number of pyridine rings is 1. The number of nitrogen functional groups attached to an aromatic ring is 1. The minimum Gasteiger partial charge on any atom is -0.464 e. The van der Waals surface area contributed by atoms with Crippen molar-refractivity contribution in [2.75, 3.05) is 24.3 Å². The number of carbonyl (C=O) groups excluding carboxylic acids is 1. The molecule has 0 bridgehead atoms. The zero-order valence-electron chi connectivity index (χ0n) is 13.7. The van der Waals surface area contributed by atoms with E-state index >= 15 is 0 Å². The van der Waals surface area contributed by atoms with Crippen molar-refractivity contribution in [2.24, 2.45) is 5.92 Å². The maximum Gasteiger partial charge on any atom is 0.356 e. The number of hydrogen-bond donors (Lipinski definition) is 1. The summed E-state index contributed by atoms with van der Waals surface area (Å²) in [5, 5.41) is 0. The molecule has 0 aliphatic heterocycles. The van der Waals surface area contributed by atoms with Gasteiger partial charge in [-0.25, -0.2) is 9.78 Å². The van der Waals surface area contributed by atoms with Gasteiger partial charge in [-0.05, 0) is 30.9 Å². The van der Waals surface area contributed by atoms with Crippen LogP contribution in [-0.2, 0) is 4.74 Å². The van der Waals surface area contributed by atoms with Crippen LogP contribution in [0.3, 0.4) is 0 Å². The lowest BCUT2D eigenvalue weighted by Gasteiger charge is -2.34. The molecule has 5 nitrogen and oxygen atoms in total. The van der Waals surface area contributed by atoms with Crippen molar-refractivity contribution in [1.82, 2.24) is 4.98 Å². The third kappa shape index (κ3) is 4.34. The van der Waals surface area contributed by atoms with Crippen molar-refractivity contribution >= 4 is 17.5 Å². The second kappa shape index (κ2) is 7.86. The number of methoxy groups -OCH3 is 1. The summed E-state index contributed by atoms with van der Waals surface area (Å²) >= 11 is 0. The summed E-state index contributed by atoms with van der Waals surface area (Å²) in [4.78, 5) is 18.3. The Morgan fingerprint density at radius 3 is 2.43 bits per heavy atom. The van der Waals surface area contributed by atoms with E-state index in [2.05, 4.69) is 37.6 Å². The van der Waals surface area contributed by atoms with Crippen LogP contribution in [0.25, 0.3) is 0 Å². The number of carbonyl (C=O) groups is 1.